The molecule has 0 saturated heterocycles. The van der Waals surface area contributed by atoms with Crippen molar-refractivity contribution in [1.29, 1.82) is 0 Å². The van der Waals surface area contributed by atoms with Crippen LogP contribution in [-0.2, 0) is 0 Å². The normalized spacial score (nSPS) is 11.7. The highest BCUT2D eigenvalue weighted by molar-refractivity contribution is 7.22. The third-order valence-corrected chi connectivity index (χ3v) is 6.04. The average molecular weight is 418 g/mol. The van der Waals surface area contributed by atoms with Crippen molar-refractivity contribution in [2.75, 3.05) is 31.1 Å². The number of para-hydroxylation sites is 1. The summed E-state index contributed by atoms with van der Waals surface area (Å²) in [6.45, 7) is 13.2. The number of hydrogen-bond donors (Lipinski definition) is 0. The van der Waals surface area contributed by atoms with Gasteiger partial charge in [0.1, 0.15) is 11.3 Å². The first-order chi connectivity index (χ1) is 13.8. The van der Waals surface area contributed by atoms with E-state index < -0.39 is 0 Å². The van der Waals surface area contributed by atoms with E-state index in [1.807, 2.05) is 31.5 Å². The van der Waals surface area contributed by atoms with Gasteiger partial charge in [-0.2, -0.15) is 5.10 Å². The molecular formula is C21H28FN5OS. The van der Waals surface area contributed by atoms with Gasteiger partial charge in [-0.3, -0.25) is 14.4 Å². The number of thiazole rings is 1. The van der Waals surface area contributed by atoms with Crippen LogP contribution in [0.1, 0.15) is 49.9 Å². The Kier molecular flexibility index (Phi) is 6.64. The molecule has 0 aliphatic carbocycles. The van der Waals surface area contributed by atoms with E-state index in [0.29, 0.717) is 29.4 Å². The second-order valence-electron chi connectivity index (χ2n) is 7.28. The molecule has 156 valence electrons. The maximum Gasteiger partial charge on any atom is 0.280 e. The van der Waals surface area contributed by atoms with Gasteiger partial charge in [0.25, 0.3) is 5.91 Å². The van der Waals surface area contributed by atoms with Crippen LogP contribution in [0.2, 0.25) is 0 Å². The molecule has 2 aromatic heterocycles. The number of aromatic nitrogens is 3. The number of carbonyl (C=O) groups excluding carboxylic acids is 1. The Morgan fingerprint density at radius 1 is 1.24 bits per heavy atom. The largest absolute Gasteiger partial charge is 0.302 e. The molecule has 1 aromatic carbocycles. The highest BCUT2D eigenvalue weighted by Crippen LogP contribution is 2.31. The lowest BCUT2D eigenvalue weighted by molar-refractivity contribution is 0.0978. The first-order valence-electron chi connectivity index (χ1n) is 10.0. The Morgan fingerprint density at radius 3 is 2.55 bits per heavy atom. The number of halogens is 1. The van der Waals surface area contributed by atoms with Crippen molar-refractivity contribution < 1.29 is 9.18 Å². The van der Waals surface area contributed by atoms with Gasteiger partial charge in [0.2, 0.25) is 0 Å². The summed E-state index contributed by atoms with van der Waals surface area (Å²) in [6.07, 6.45) is 0. The third-order valence-electron chi connectivity index (χ3n) is 5.00. The molecule has 29 heavy (non-hydrogen) atoms. The second kappa shape index (κ2) is 9.00. The predicted octanol–water partition coefficient (Wildman–Crippen LogP) is 4.51. The van der Waals surface area contributed by atoms with Gasteiger partial charge in [-0.25, -0.2) is 9.37 Å². The van der Waals surface area contributed by atoms with E-state index in [1.165, 1.54) is 17.4 Å². The molecule has 8 heteroatoms. The van der Waals surface area contributed by atoms with E-state index in [4.69, 9.17) is 0 Å². The Hall–Kier alpha value is -2.32. The number of hydrogen-bond acceptors (Lipinski definition) is 5. The molecule has 6 nitrogen and oxygen atoms in total. The van der Waals surface area contributed by atoms with E-state index in [2.05, 4.69) is 28.8 Å². The summed E-state index contributed by atoms with van der Waals surface area (Å²) in [5, 5.41) is 5.01. The van der Waals surface area contributed by atoms with Gasteiger partial charge in [-0.15, -0.1) is 0 Å². The van der Waals surface area contributed by atoms with Crippen LogP contribution in [0.4, 0.5) is 9.52 Å². The van der Waals surface area contributed by atoms with Crippen molar-refractivity contribution in [2.24, 2.45) is 0 Å². The summed E-state index contributed by atoms with van der Waals surface area (Å²) in [6, 6.07) is 6.85. The first kappa shape index (κ1) is 21.4. The highest BCUT2D eigenvalue weighted by atomic mass is 32.1. The number of benzene rings is 1. The molecule has 0 fully saturated rings. The van der Waals surface area contributed by atoms with Gasteiger partial charge in [0.05, 0.1) is 4.70 Å². The number of amides is 1. The van der Waals surface area contributed by atoms with Gasteiger partial charge in [0.15, 0.2) is 10.8 Å². The van der Waals surface area contributed by atoms with Crippen LogP contribution in [0.5, 0.6) is 0 Å². The number of fused-ring (bicyclic) bond motifs is 1. The molecule has 0 bridgehead atoms. The first-order valence-corrected chi connectivity index (χ1v) is 10.8. The number of rotatable bonds is 8. The third kappa shape index (κ3) is 4.48. The van der Waals surface area contributed by atoms with E-state index in [0.717, 1.165) is 23.5 Å². The molecule has 0 radical (unpaired) electrons. The van der Waals surface area contributed by atoms with Crippen LogP contribution >= 0.6 is 11.3 Å². The van der Waals surface area contributed by atoms with Crippen molar-refractivity contribution in [2.45, 2.75) is 40.7 Å². The second-order valence-corrected chi connectivity index (χ2v) is 8.29. The summed E-state index contributed by atoms with van der Waals surface area (Å²) >= 11 is 1.33. The fraction of sp³-hybridized carbons (Fsp3) is 0.476. The zero-order chi connectivity index (χ0) is 21.1. The molecule has 2 heterocycles. The minimum absolute atomic E-state index is 0.164. The Balaban J connectivity index is 1.98. The van der Waals surface area contributed by atoms with E-state index in [9.17, 15) is 9.18 Å². The minimum atomic E-state index is -0.374. The molecule has 0 aliphatic heterocycles. The molecule has 0 unspecified atom stereocenters. The van der Waals surface area contributed by atoms with Gasteiger partial charge in [-0.1, -0.05) is 31.3 Å². The summed E-state index contributed by atoms with van der Waals surface area (Å²) < 4.78 is 16.7. The van der Waals surface area contributed by atoms with Crippen LogP contribution < -0.4 is 4.90 Å². The summed E-state index contributed by atoms with van der Waals surface area (Å²) in [4.78, 5) is 21.7. The Bertz CT molecular complexity index is 992. The molecule has 0 N–H and O–H groups in total. The highest BCUT2D eigenvalue weighted by Gasteiger charge is 2.25. The lowest BCUT2D eigenvalue weighted by Crippen LogP contribution is -2.39. The molecule has 1 amide bonds. The fourth-order valence-corrected chi connectivity index (χ4v) is 4.34. The SMILES string of the molecule is CCN(CC)CCN(C(=O)c1cc(C)n(C(C)C)n1)c1nc2c(F)cccc2s1. The van der Waals surface area contributed by atoms with Gasteiger partial charge in [0, 0.05) is 24.8 Å². The van der Waals surface area contributed by atoms with Crippen molar-refractivity contribution in [3.63, 3.8) is 0 Å². The van der Waals surface area contributed by atoms with E-state index >= 15 is 0 Å². The zero-order valence-electron chi connectivity index (χ0n) is 17.6. The van der Waals surface area contributed by atoms with Crippen molar-refractivity contribution in [1.82, 2.24) is 19.7 Å². The van der Waals surface area contributed by atoms with Crippen LogP contribution in [0, 0.1) is 12.7 Å². The van der Waals surface area contributed by atoms with Crippen molar-refractivity contribution in [3.05, 3.63) is 41.5 Å². The zero-order valence-corrected chi connectivity index (χ0v) is 18.5. The molecule has 0 aliphatic rings. The lowest BCUT2D eigenvalue weighted by atomic mass is 10.3. The molecule has 0 spiro atoms. The topological polar surface area (TPSA) is 54.3 Å². The Morgan fingerprint density at radius 2 is 1.97 bits per heavy atom. The fourth-order valence-electron chi connectivity index (χ4n) is 3.34. The average Bonchev–Trinajstić information content (AvgIpc) is 3.29. The van der Waals surface area contributed by atoms with E-state index in [1.54, 1.807) is 17.0 Å². The van der Waals surface area contributed by atoms with Crippen molar-refractivity contribution in [3.8, 4) is 0 Å². The summed E-state index contributed by atoms with van der Waals surface area (Å²) in [7, 11) is 0. The minimum Gasteiger partial charge on any atom is -0.302 e. The number of carbonyl (C=O) groups is 1. The summed E-state index contributed by atoms with van der Waals surface area (Å²) in [5.41, 5.74) is 1.62. The molecule has 0 atom stereocenters. The molecule has 3 rings (SSSR count). The van der Waals surface area contributed by atoms with E-state index in [-0.39, 0.29) is 17.8 Å². The van der Waals surface area contributed by atoms with Crippen LogP contribution in [-0.4, -0.2) is 51.8 Å². The summed E-state index contributed by atoms with van der Waals surface area (Å²) in [5.74, 6) is -0.583. The van der Waals surface area contributed by atoms with Gasteiger partial charge in [-0.05, 0) is 52.1 Å². The predicted molar refractivity (Wildman–Crippen MR) is 116 cm³/mol. The number of nitrogens with zero attached hydrogens (tertiary/aromatic N) is 5. The van der Waals surface area contributed by atoms with Crippen LogP contribution in [0.15, 0.2) is 24.3 Å². The Labute approximate surface area is 174 Å². The van der Waals surface area contributed by atoms with Crippen LogP contribution in [0.25, 0.3) is 10.2 Å². The van der Waals surface area contributed by atoms with Gasteiger partial charge >= 0.3 is 0 Å². The number of likely N-dealkylation sites (N-methyl/N-ethyl adjacent to an activating group) is 1. The lowest BCUT2D eigenvalue weighted by Gasteiger charge is -2.24. The van der Waals surface area contributed by atoms with Crippen LogP contribution in [0.3, 0.4) is 0 Å². The quantitative estimate of drug-likeness (QED) is 0.541. The molecule has 0 saturated carbocycles. The molecular weight excluding hydrogens is 389 g/mol. The molecule has 3 aromatic rings. The number of aryl methyl sites for hydroxylation is 1. The standard InChI is InChI=1S/C21H28FN5OS/c1-6-25(7-2)11-12-26(20(28)17-13-15(5)27(24-17)14(3)4)21-23-19-16(22)9-8-10-18(19)29-21/h8-10,13-14H,6-7,11-12H2,1-5H3. The maximum absolute atomic E-state index is 14.2. The number of anilines is 1. The van der Waals surface area contributed by atoms with Gasteiger partial charge < -0.3 is 4.90 Å². The van der Waals surface area contributed by atoms with Crippen molar-refractivity contribution >= 4 is 32.6 Å². The smallest absolute Gasteiger partial charge is 0.280 e. The monoisotopic (exact) mass is 417 g/mol. The maximum atomic E-state index is 14.2.